The Morgan fingerprint density at radius 2 is 2.14 bits per heavy atom. The zero-order valence-corrected chi connectivity index (χ0v) is 10.4. The van der Waals surface area contributed by atoms with Crippen molar-refractivity contribution in [2.24, 2.45) is 16.1 Å². The summed E-state index contributed by atoms with van der Waals surface area (Å²) in [7, 11) is 0. The molecule has 0 fully saturated rings. The standard InChI is InChI=1S/C11H8N6O4/c12-7(18)11(1-2-13-5-11)8(19)17(9-14-3-4-20-9)10-16-15-6-21-10/h1-6H,(H2,12,18). The van der Waals surface area contributed by atoms with E-state index in [9.17, 15) is 9.59 Å². The summed E-state index contributed by atoms with van der Waals surface area (Å²) in [5.41, 5.74) is 3.57. The third-order valence-corrected chi connectivity index (χ3v) is 2.82. The van der Waals surface area contributed by atoms with Gasteiger partial charge in [0.05, 0.1) is 6.20 Å². The maximum atomic E-state index is 12.8. The van der Waals surface area contributed by atoms with Crippen LogP contribution in [0.25, 0.3) is 0 Å². The molecule has 0 radical (unpaired) electrons. The van der Waals surface area contributed by atoms with Gasteiger partial charge >= 0.3 is 12.0 Å². The van der Waals surface area contributed by atoms with Crippen molar-refractivity contribution in [3.05, 3.63) is 31.1 Å². The fourth-order valence-electron chi connectivity index (χ4n) is 1.77. The van der Waals surface area contributed by atoms with Crippen LogP contribution in [0.4, 0.5) is 12.0 Å². The number of nitrogens with two attached hydrogens (primary N) is 1. The van der Waals surface area contributed by atoms with Gasteiger partial charge in [0.2, 0.25) is 12.3 Å². The van der Waals surface area contributed by atoms with E-state index in [1.807, 2.05) is 0 Å². The van der Waals surface area contributed by atoms with Gasteiger partial charge in [-0.3, -0.25) is 14.6 Å². The monoisotopic (exact) mass is 288 g/mol. The second-order valence-electron chi connectivity index (χ2n) is 4.00. The van der Waals surface area contributed by atoms with Gasteiger partial charge in [0.1, 0.15) is 6.26 Å². The number of carbonyl (C=O) groups excluding carboxylic acids is 2. The molecule has 1 aliphatic heterocycles. The molecule has 2 amide bonds. The molecule has 1 unspecified atom stereocenters. The van der Waals surface area contributed by atoms with E-state index in [1.54, 1.807) is 0 Å². The Labute approximate surface area is 117 Å². The molecule has 0 spiro atoms. The maximum absolute atomic E-state index is 12.8. The number of oxazole rings is 1. The maximum Gasteiger partial charge on any atom is 0.333 e. The molecule has 0 saturated carbocycles. The molecular weight excluding hydrogens is 280 g/mol. The lowest BCUT2D eigenvalue weighted by atomic mass is 9.88. The number of aliphatic imine (C=N–C) groups is 1. The van der Waals surface area contributed by atoms with E-state index in [0.29, 0.717) is 0 Å². The lowest BCUT2D eigenvalue weighted by Crippen LogP contribution is -2.49. The molecule has 3 heterocycles. The van der Waals surface area contributed by atoms with Crippen LogP contribution in [0.3, 0.4) is 0 Å². The summed E-state index contributed by atoms with van der Waals surface area (Å²) in [6.45, 7) is 0. The van der Waals surface area contributed by atoms with Crippen molar-refractivity contribution in [3.63, 3.8) is 0 Å². The Hall–Kier alpha value is -3.30. The van der Waals surface area contributed by atoms with Gasteiger partial charge in [0, 0.05) is 12.4 Å². The van der Waals surface area contributed by atoms with Gasteiger partial charge in [-0.1, -0.05) is 5.10 Å². The van der Waals surface area contributed by atoms with Gasteiger partial charge in [0.25, 0.3) is 5.91 Å². The van der Waals surface area contributed by atoms with Crippen molar-refractivity contribution in [1.82, 2.24) is 15.2 Å². The molecule has 0 aliphatic carbocycles. The highest BCUT2D eigenvalue weighted by molar-refractivity contribution is 6.25. The van der Waals surface area contributed by atoms with E-state index in [-0.39, 0.29) is 12.0 Å². The number of hydrogen-bond acceptors (Lipinski definition) is 8. The van der Waals surface area contributed by atoms with Crippen LogP contribution in [0.15, 0.2) is 45.0 Å². The van der Waals surface area contributed by atoms with E-state index in [2.05, 4.69) is 20.2 Å². The predicted molar refractivity (Wildman–Crippen MR) is 67.2 cm³/mol. The molecule has 3 rings (SSSR count). The van der Waals surface area contributed by atoms with E-state index in [0.717, 1.165) is 17.5 Å². The topological polar surface area (TPSA) is 141 Å². The van der Waals surface area contributed by atoms with E-state index < -0.39 is 17.2 Å². The highest BCUT2D eigenvalue weighted by Crippen LogP contribution is 2.31. The van der Waals surface area contributed by atoms with Crippen LogP contribution < -0.4 is 10.6 Å². The zero-order valence-electron chi connectivity index (χ0n) is 10.4. The Balaban J connectivity index is 2.09. The molecule has 2 N–H and O–H groups in total. The summed E-state index contributed by atoms with van der Waals surface area (Å²) >= 11 is 0. The SMILES string of the molecule is NC(=O)C1(C(=O)N(c2ncco2)c2nnco2)C=CN=C1. The molecule has 1 aliphatic rings. The molecule has 21 heavy (non-hydrogen) atoms. The van der Waals surface area contributed by atoms with Gasteiger partial charge in [-0.2, -0.15) is 4.90 Å². The van der Waals surface area contributed by atoms with Gasteiger partial charge in [-0.05, 0) is 6.08 Å². The number of amides is 2. The van der Waals surface area contributed by atoms with Crippen molar-refractivity contribution in [2.75, 3.05) is 4.90 Å². The molecule has 10 heteroatoms. The Kier molecular flexibility index (Phi) is 2.83. The number of rotatable bonds is 4. The fourth-order valence-corrected chi connectivity index (χ4v) is 1.77. The quantitative estimate of drug-likeness (QED) is 0.767. The summed E-state index contributed by atoms with van der Waals surface area (Å²) in [5.74, 6) is -1.69. The normalized spacial score (nSPS) is 19.8. The molecular formula is C11H8N6O4. The number of primary amides is 1. The summed E-state index contributed by atoms with van der Waals surface area (Å²) in [6.07, 6.45) is 7.29. The van der Waals surface area contributed by atoms with Crippen LogP contribution in [0.1, 0.15) is 0 Å². The Morgan fingerprint density at radius 1 is 1.29 bits per heavy atom. The minimum atomic E-state index is -1.76. The number of hydrogen-bond donors (Lipinski definition) is 1. The number of nitrogens with zero attached hydrogens (tertiary/aromatic N) is 5. The Bertz CT molecular complexity index is 672. The minimum absolute atomic E-state index is 0.140. The van der Waals surface area contributed by atoms with Crippen LogP contribution in [0.2, 0.25) is 0 Å². The summed E-state index contributed by atoms with van der Waals surface area (Å²) < 4.78 is 10.1. The first-order valence-electron chi connectivity index (χ1n) is 5.67. The van der Waals surface area contributed by atoms with Crippen LogP contribution in [-0.4, -0.2) is 33.2 Å². The van der Waals surface area contributed by atoms with Crippen LogP contribution in [0, 0.1) is 5.41 Å². The third-order valence-electron chi connectivity index (χ3n) is 2.82. The lowest BCUT2D eigenvalue weighted by Gasteiger charge is -2.23. The molecule has 10 nitrogen and oxygen atoms in total. The Morgan fingerprint density at radius 3 is 2.67 bits per heavy atom. The molecule has 0 saturated heterocycles. The average molecular weight is 288 g/mol. The van der Waals surface area contributed by atoms with E-state index >= 15 is 0 Å². The van der Waals surface area contributed by atoms with E-state index in [4.69, 9.17) is 14.6 Å². The lowest BCUT2D eigenvalue weighted by molar-refractivity contribution is -0.132. The summed E-state index contributed by atoms with van der Waals surface area (Å²) in [5, 5.41) is 7.10. The highest BCUT2D eigenvalue weighted by atomic mass is 16.4. The molecule has 2 aromatic heterocycles. The number of anilines is 2. The first kappa shape index (κ1) is 12.7. The van der Waals surface area contributed by atoms with Crippen molar-refractivity contribution in [2.45, 2.75) is 0 Å². The van der Waals surface area contributed by atoms with Gasteiger partial charge < -0.3 is 14.6 Å². The molecule has 1 atom stereocenters. The number of carbonyl (C=O) groups is 2. The van der Waals surface area contributed by atoms with Crippen molar-refractivity contribution < 1.29 is 18.4 Å². The first-order chi connectivity index (χ1) is 10.1. The van der Waals surface area contributed by atoms with Crippen LogP contribution >= 0.6 is 0 Å². The summed E-state index contributed by atoms with van der Waals surface area (Å²) in [6, 6.07) is -0.352. The van der Waals surface area contributed by atoms with Gasteiger partial charge in [0.15, 0.2) is 5.41 Å². The zero-order chi connectivity index (χ0) is 14.9. The molecule has 0 bridgehead atoms. The largest absolute Gasteiger partial charge is 0.431 e. The third kappa shape index (κ3) is 1.89. The smallest absolute Gasteiger partial charge is 0.333 e. The van der Waals surface area contributed by atoms with E-state index in [1.165, 1.54) is 24.7 Å². The van der Waals surface area contributed by atoms with Gasteiger partial charge in [-0.15, -0.1) is 5.10 Å². The molecule has 0 aromatic carbocycles. The average Bonchev–Trinajstić information content (AvgIpc) is 3.22. The highest BCUT2D eigenvalue weighted by Gasteiger charge is 2.48. The van der Waals surface area contributed by atoms with Gasteiger partial charge in [-0.25, -0.2) is 4.98 Å². The van der Waals surface area contributed by atoms with Crippen molar-refractivity contribution in [1.29, 1.82) is 0 Å². The predicted octanol–water partition coefficient (Wildman–Crippen LogP) is -0.208. The molecule has 2 aromatic rings. The fraction of sp³-hybridized carbons (Fsp3) is 0.0909. The number of aromatic nitrogens is 3. The second-order valence-corrected chi connectivity index (χ2v) is 4.00. The second kappa shape index (κ2) is 4.67. The minimum Gasteiger partial charge on any atom is -0.431 e. The van der Waals surface area contributed by atoms with Crippen molar-refractivity contribution >= 4 is 30.1 Å². The first-order valence-corrected chi connectivity index (χ1v) is 5.67. The van der Waals surface area contributed by atoms with Crippen LogP contribution in [0.5, 0.6) is 0 Å². The summed E-state index contributed by atoms with van der Waals surface area (Å²) in [4.78, 5) is 32.9. The molecule has 106 valence electrons. The van der Waals surface area contributed by atoms with Crippen molar-refractivity contribution in [3.8, 4) is 0 Å². The van der Waals surface area contributed by atoms with Crippen LogP contribution in [-0.2, 0) is 9.59 Å².